The number of hydrazone groups is 1. The van der Waals surface area contributed by atoms with Crippen molar-refractivity contribution in [3.05, 3.63) is 0 Å². The first-order valence-corrected chi connectivity index (χ1v) is 5.28. The first-order valence-electron chi connectivity index (χ1n) is 5.28. The number of unbranched alkanes of at least 4 members (excludes halogenated alkanes) is 1. The van der Waals surface area contributed by atoms with E-state index in [1.54, 1.807) is 0 Å². The first-order chi connectivity index (χ1) is 6.24. The molecule has 13 heavy (non-hydrogen) atoms. The van der Waals surface area contributed by atoms with Gasteiger partial charge >= 0.3 is 0 Å². The third-order valence-corrected chi connectivity index (χ3v) is 2.29. The third-order valence-electron chi connectivity index (χ3n) is 2.29. The second-order valence-corrected chi connectivity index (χ2v) is 4.11. The molecule has 1 atom stereocenters. The Morgan fingerprint density at radius 2 is 2.31 bits per heavy atom. The van der Waals surface area contributed by atoms with Crippen LogP contribution in [-0.4, -0.2) is 23.9 Å². The molecule has 1 aliphatic rings. The van der Waals surface area contributed by atoms with Gasteiger partial charge in [-0.1, -0.05) is 27.2 Å². The lowest BCUT2D eigenvalue weighted by Gasteiger charge is -2.24. The Morgan fingerprint density at radius 3 is 2.92 bits per heavy atom. The van der Waals surface area contributed by atoms with Crippen molar-refractivity contribution in [3.8, 4) is 0 Å². The van der Waals surface area contributed by atoms with Crippen molar-refractivity contribution < 1.29 is 0 Å². The Bertz CT molecular complexity index is 166. The van der Waals surface area contributed by atoms with Gasteiger partial charge in [0.15, 0.2) is 0 Å². The number of nitrogens with zero attached hydrogens (tertiary/aromatic N) is 2. The minimum Gasteiger partial charge on any atom is -0.340 e. The topological polar surface area (TPSA) is 27.6 Å². The van der Waals surface area contributed by atoms with Crippen molar-refractivity contribution in [1.82, 2.24) is 10.3 Å². The van der Waals surface area contributed by atoms with Crippen molar-refractivity contribution in [3.63, 3.8) is 0 Å². The van der Waals surface area contributed by atoms with Gasteiger partial charge in [-0.25, -0.2) is 0 Å². The molecule has 76 valence electrons. The lowest BCUT2D eigenvalue weighted by Crippen LogP contribution is -2.38. The van der Waals surface area contributed by atoms with Gasteiger partial charge in [-0.3, -0.25) is 5.43 Å². The fourth-order valence-electron chi connectivity index (χ4n) is 1.54. The minimum atomic E-state index is 0.437. The number of hydrogen-bond donors (Lipinski definition) is 1. The summed E-state index contributed by atoms with van der Waals surface area (Å²) < 4.78 is 0. The summed E-state index contributed by atoms with van der Waals surface area (Å²) in [6, 6.07) is 0. The largest absolute Gasteiger partial charge is 0.340 e. The van der Waals surface area contributed by atoms with Crippen LogP contribution in [0.3, 0.4) is 0 Å². The zero-order chi connectivity index (χ0) is 9.68. The molecule has 0 saturated heterocycles. The summed E-state index contributed by atoms with van der Waals surface area (Å²) in [5, 5.41) is 4.10. The highest BCUT2D eigenvalue weighted by atomic mass is 15.5. The van der Waals surface area contributed by atoms with Crippen LogP contribution in [0.1, 0.15) is 40.0 Å². The van der Waals surface area contributed by atoms with Crippen LogP contribution in [0.5, 0.6) is 0 Å². The van der Waals surface area contributed by atoms with Gasteiger partial charge in [0.25, 0.3) is 0 Å². The molecule has 0 spiro atoms. The van der Waals surface area contributed by atoms with E-state index in [9.17, 15) is 0 Å². The molecule has 1 rings (SSSR count). The fraction of sp³-hybridized carbons (Fsp3) is 0.900. The first kappa shape index (κ1) is 10.4. The quantitative estimate of drug-likeness (QED) is 0.706. The zero-order valence-corrected chi connectivity index (χ0v) is 8.95. The zero-order valence-electron chi connectivity index (χ0n) is 8.95. The molecular formula is C10H21N3. The summed E-state index contributed by atoms with van der Waals surface area (Å²) in [5.41, 5.74) is 3.14. The molecule has 1 unspecified atom stereocenters. The number of nitrogens with one attached hydrogen (secondary N) is 1. The van der Waals surface area contributed by atoms with Crippen LogP contribution in [0.25, 0.3) is 0 Å². The van der Waals surface area contributed by atoms with Crippen LogP contribution in [0.2, 0.25) is 0 Å². The molecule has 0 bridgehead atoms. The molecule has 3 nitrogen and oxygen atoms in total. The third kappa shape index (κ3) is 3.25. The molecular weight excluding hydrogens is 162 g/mol. The standard InChI is InChI=1S/C10H21N3/c1-4-5-6-13-8-11-12-10(13)7-9(2)3/h8-10,12H,4-7H2,1-3H3. The van der Waals surface area contributed by atoms with E-state index in [1.807, 2.05) is 6.34 Å². The van der Waals surface area contributed by atoms with E-state index in [4.69, 9.17) is 0 Å². The molecule has 1 heterocycles. The van der Waals surface area contributed by atoms with Crippen LogP contribution >= 0.6 is 0 Å². The van der Waals surface area contributed by atoms with E-state index < -0.39 is 0 Å². The van der Waals surface area contributed by atoms with Crippen LogP contribution in [0.15, 0.2) is 5.10 Å². The summed E-state index contributed by atoms with van der Waals surface area (Å²) in [5.74, 6) is 0.725. The average molecular weight is 183 g/mol. The highest BCUT2D eigenvalue weighted by Crippen LogP contribution is 2.11. The average Bonchev–Trinajstić information content (AvgIpc) is 2.48. The van der Waals surface area contributed by atoms with Gasteiger partial charge in [0.2, 0.25) is 0 Å². The van der Waals surface area contributed by atoms with Gasteiger partial charge in [0.05, 0.1) is 0 Å². The summed E-state index contributed by atoms with van der Waals surface area (Å²) >= 11 is 0. The maximum Gasteiger partial charge on any atom is 0.116 e. The number of hydrogen-bond acceptors (Lipinski definition) is 3. The molecule has 0 aromatic carbocycles. The van der Waals surface area contributed by atoms with E-state index in [-0.39, 0.29) is 0 Å². The molecule has 0 aliphatic carbocycles. The predicted molar refractivity (Wildman–Crippen MR) is 56.5 cm³/mol. The highest BCUT2D eigenvalue weighted by Gasteiger charge is 2.19. The maximum absolute atomic E-state index is 4.10. The Morgan fingerprint density at radius 1 is 1.54 bits per heavy atom. The second kappa shape index (κ2) is 5.10. The van der Waals surface area contributed by atoms with Gasteiger partial charge < -0.3 is 4.90 Å². The van der Waals surface area contributed by atoms with E-state index >= 15 is 0 Å². The van der Waals surface area contributed by atoms with Crippen molar-refractivity contribution in [1.29, 1.82) is 0 Å². The molecule has 0 radical (unpaired) electrons. The molecule has 3 heteroatoms. The summed E-state index contributed by atoms with van der Waals surface area (Å²) in [6.07, 6.45) is 6.04. The lowest BCUT2D eigenvalue weighted by molar-refractivity contribution is 0.261. The van der Waals surface area contributed by atoms with Gasteiger partial charge in [0.1, 0.15) is 12.5 Å². The SMILES string of the molecule is CCCCN1C=NNC1CC(C)C. The lowest BCUT2D eigenvalue weighted by atomic mass is 10.1. The van der Waals surface area contributed by atoms with E-state index in [1.165, 1.54) is 19.3 Å². The Labute approximate surface area is 81.2 Å². The maximum atomic E-state index is 4.10. The van der Waals surface area contributed by atoms with Crippen molar-refractivity contribution >= 4 is 6.34 Å². The van der Waals surface area contributed by atoms with E-state index in [0.717, 1.165) is 12.5 Å². The highest BCUT2D eigenvalue weighted by molar-refractivity contribution is 5.56. The van der Waals surface area contributed by atoms with Crippen LogP contribution in [0, 0.1) is 5.92 Å². The molecule has 0 amide bonds. The second-order valence-electron chi connectivity index (χ2n) is 4.11. The summed E-state index contributed by atoms with van der Waals surface area (Å²) in [4.78, 5) is 2.31. The van der Waals surface area contributed by atoms with E-state index in [0.29, 0.717) is 6.17 Å². The Kier molecular flexibility index (Phi) is 4.06. The molecule has 1 aliphatic heterocycles. The number of rotatable bonds is 5. The fourth-order valence-corrected chi connectivity index (χ4v) is 1.54. The predicted octanol–water partition coefficient (Wildman–Crippen LogP) is 2.01. The van der Waals surface area contributed by atoms with Gasteiger partial charge in [0, 0.05) is 6.54 Å². The van der Waals surface area contributed by atoms with Crippen molar-refractivity contribution in [2.45, 2.75) is 46.2 Å². The monoisotopic (exact) mass is 183 g/mol. The van der Waals surface area contributed by atoms with Crippen molar-refractivity contribution in [2.75, 3.05) is 6.54 Å². The molecule has 0 aromatic rings. The van der Waals surface area contributed by atoms with Crippen molar-refractivity contribution in [2.24, 2.45) is 11.0 Å². The Balaban J connectivity index is 2.29. The van der Waals surface area contributed by atoms with Crippen LogP contribution in [-0.2, 0) is 0 Å². The smallest absolute Gasteiger partial charge is 0.116 e. The van der Waals surface area contributed by atoms with Gasteiger partial charge in [-0.05, 0) is 18.8 Å². The molecule has 0 aromatic heterocycles. The van der Waals surface area contributed by atoms with Crippen LogP contribution < -0.4 is 5.43 Å². The summed E-state index contributed by atoms with van der Waals surface area (Å²) in [6.45, 7) is 7.85. The van der Waals surface area contributed by atoms with Gasteiger partial charge in [-0.15, -0.1) is 0 Å². The molecule has 0 saturated carbocycles. The minimum absolute atomic E-state index is 0.437. The summed E-state index contributed by atoms with van der Waals surface area (Å²) in [7, 11) is 0. The molecule has 0 fully saturated rings. The van der Waals surface area contributed by atoms with Crippen LogP contribution in [0.4, 0.5) is 0 Å². The normalized spacial score (nSPS) is 21.2. The molecule has 1 N–H and O–H groups in total. The van der Waals surface area contributed by atoms with E-state index in [2.05, 4.69) is 36.2 Å². The Hall–Kier alpha value is -0.730. The van der Waals surface area contributed by atoms with Gasteiger partial charge in [-0.2, -0.15) is 5.10 Å².